The van der Waals surface area contributed by atoms with Gasteiger partial charge in [-0.05, 0) is 29.7 Å². The molecule has 0 spiro atoms. The van der Waals surface area contributed by atoms with Crippen LogP contribution >= 0.6 is 0 Å². The van der Waals surface area contributed by atoms with Crippen molar-refractivity contribution in [2.75, 3.05) is 11.4 Å². The molecule has 0 radical (unpaired) electrons. The van der Waals surface area contributed by atoms with Crippen LogP contribution in [-0.4, -0.2) is 24.3 Å². The lowest BCUT2D eigenvalue weighted by Gasteiger charge is -2.27. The monoisotopic (exact) mass is 383 g/mol. The Kier molecular flexibility index (Phi) is 5.71. The second-order valence-corrected chi connectivity index (χ2v) is 7.30. The van der Waals surface area contributed by atoms with Crippen molar-refractivity contribution in [2.45, 2.75) is 25.4 Å². The Morgan fingerprint density at radius 2 is 1.55 bits per heavy atom. The van der Waals surface area contributed by atoms with Crippen molar-refractivity contribution in [1.29, 1.82) is 0 Å². The number of carbonyl (C=O) groups is 1. The molecule has 0 fully saturated rings. The molecular formula is C25H25N3O. The van der Waals surface area contributed by atoms with Crippen LogP contribution in [0.5, 0.6) is 0 Å². The van der Waals surface area contributed by atoms with E-state index in [2.05, 4.69) is 46.6 Å². The van der Waals surface area contributed by atoms with E-state index >= 15 is 0 Å². The molecule has 1 heterocycles. The zero-order valence-electron chi connectivity index (χ0n) is 16.5. The highest BCUT2D eigenvalue weighted by molar-refractivity contribution is 6.04. The van der Waals surface area contributed by atoms with Gasteiger partial charge in [-0.3, -0.25) is 9.79 Å². The standard InChI is InChI=1S/C25H25N3O/c1-19(29)26-23(17-20-11-5-2-6-12-20)25-27-24(21-13-7-3-8-14-21)18-28(25)22-15-9-4-10-16-22/h2-16,23-24H,17-18H2,1H3,(H,26,29)/t23-,24+/m0/s1. The summed E-state index contributed by atoms with van der Waals surface area (Å²) in [6.45, 7) is 2.32. The number of carbonyl (C=O) groups excluding carboxylic acids is 1. The maximum atomic E-state index is 12.0. The molecule has 2 atom stereocenters. The smallest absolute Gasteiger partial charge is 0.217 e. The molecule has 0 aliphatic carbocycles. The Labute approximate surface area is 171 Å². The molecule has 0 aromatic heterocycles. The first-order valence-electron chi connectivity index (χ1n) is 9.97. The number of hydrogen-bond donors (Lipinski definition) is 1. The largest absolute Gasteiger partial charge is 0.346 e. The number of nitrogens with zero attached hydrogens (tertiary/aromatic N) is 2. The van der Waals surface area contributed by atoms with E-state index in [9.17, 15) is 4.79 Å². The molecule has 0 bridgehead atoms. The van der Waals surface area contributed by atoms with E-state index in [1.807, 2.05) is 54.6 Å². The van der Waals surface area contributed by atoms with Gasteiger partial charge in [-0.1, -0.05) is 78.9 Å². The van der Waals surface area contributed by atoms with Crippen LogP contribution in [0.15, 0.2) is 96.0 Å². The van der Waals surface area contributed by atoms with Gasteiger partial charge in [0.05, 0.1) is 18.6 Å². The van der Waals surface area contributed by atoms with Gasteiger partial charge in [0.25, 0.3) is 0 Å². The van der Waals surface area contributed by atoms with E-state index in [4.69, 9.17) is 4.99 Å². The zero-order chi connectivity index (χ0) is 20.1. The Bertz CT molecular complexity index is 971. The average Bonchev–Trinajstić information content (AvgIpc) is 3.21. The van der Waals surface area contributed by atoms with Crippen LogP contribution in [0.1, 0.15) is 24.1 Å². The molecule has 146 valence electrons. The van der Waals surface area contributed by atoms with E-state index in [0.29, 0.717) is 6.42 Å². The molecule has 3 aromatic carbocycles. The Balaban J connectivity index is 1.71. The fourth-order valence-corrected chi connectivity index (χ4v) is 3.82. The van der Waals surface area contributed by atoms with E-state index in [-0.39, 0.29) is 18.0 Å². The van der Waals surface area contributed by atoms with E-state index < -0.39 is 0 Å². The summed E-state index contributed by atoms with van der Waals surface area (Å²) >= 11 is 0. The van der Waals surface area contributed by atoms with Crippen molar-refractivity contribution in [1.82, 2.24) is 5.32 Å². The number of hydrogen-bond acceptors (Lipinski definition) is 3. The number of anilines is 1. The van der Waals surface area contributed by atoms with Gasteiger partial charge in [-0.2, -0.15) is 0 Å². The third kappa shape index (κ3) is 4.54. The van der Waals surface area contributed by atoms with Gasteiger partial charge in [0.1, 0.15) is 5.84 Å². The van der Waals surface area contributed by atoms with Crippen molar-refractivity contribution >= 4 is 17.4 Å². The number of para-hydroxylation sites is 1. The molecule has 3 aromatic rings. The van der Waals surface area contributed by atoms with E-state index in [1.54, 1.807) is 6.92 Å². The topological polar surface area (TPSA) is 44.7 Å². The molecule has 0 saturated carbocycles. The lowest BCUT2D eigenvalue weighted by Crippen LogP contribution is -2.47. The van der Waals surface area contributed by atoms with E-state index in [1.165, 1.54) is 11.1 Å². The second kappa shape index (κ2) is 8.74. The summed E-state index contributed by atoms with van der Waals surface area (Å²) < 4.78 is 0. The molecular weight excluding hydrogens is 358 g/mol. The summed E-state index contributed by atoms with van der Waals surface area (Å²) in [5, 5.41) is 3.13. The number of amides is 1. The molecule has 1 N–H and O–H groups in total. The van der Waals surface area contributed by atoms with Crippen LogP contribution in [0, 0.1) is 0 Å². The maximum Gasteiger partial charge on any atom is 0.217 e. The number of aliphatic imine (C=N–C) groups is 1. The van der Waals surface area contributed by atoms with Gasteiger partial charge in [-0.25, -0.2) is 0 Å². The maximum absolute atomic E-state index is 12.0. The minimum absolute atomic E-state index is 0.0402. The molecule has 0 unspecified atom stereocenters. The van der Waals surface area contributed by atoms with Crippen molar-refractivity contribution in [3.8, 4) is 0 Å². The number of rotatable bonds is 6. The van der Waals surface area contributed by atoms with Gasteiger partial charge < -0.3 is 10.2 Å². The van der Waals surface area contributed by atoms with Crippen LogP contribution < -0.4 is 10.2 Å². The van der Waals surface area contributed by atoms with Gasteiger partial charge in [-0.15, -0.1) is 0 Å². The molecule has 1 amide bonds. The fraction of sp³-hybridized carbons (Fsp3) is 0.200. The van der Waals surface area contributed by atoms with Crippen molar-refractivity contribution < 1.29 is 4.79 Å². The Hall–Kier alpha value is -3.40. The van der Waals surface area contributed by atoms with Crippen LogP contribution in [0.25, 0.3) is 0 Å². The Morgan fingerprint density at radius 1 is 0.966 bits per heavy atom. The molecule has 29 heavy (non-hydrogen) atoms. The normalized spacial score (nSPS) is 16.9. The SMILES string of the molecule is CC(=O)N[C@@H](Cc1ccccc1)C1=N[C@@H](c2ccccc2)CN1c1ccccc1. The highest BCUT2D eigenvalue weighted by Gasteiger charge is 2.32. The third-order valence-electron chi connectivity index (χ3n) is 5.14. The van der Waals surface area contributed by atoms with Crippen LogP contribution in [0.2, 0.25) is 0 Å². The molecule has 4 heteroatoms. The van der Waals surface area contributed by atoms with Gasteiger partial charge in [0.15, 0.2) is 0 Å². The lowest BCUT2D eigenvalue weighted by molar-refractivity contribution is -0.119. The van der Waals surface area contributed by atoms with Crippen LogP contribution in [0.4, 0.5) is 5.69 Å². The first-order chi connectivity index (χ1) is 14.2. The van der Waals surface area contributed by atoms with Crippen molar-refractivity contribution in [3.63, 3.8) is 0 Å². The summed E-state index contributed by atoms with van der Waals surface area (Å²) in [5.41, 5.74) is 3.45. The summed E-state index contributed by atoms with van der Waals surface area (Å²) in [4.78, 5) is 19.3. The highest BCUT2D eigenvalue weighted by atomic mass is 16.1. The lowest BCUT2D eigenvalue weighted by atomic mass is 10.0. The minimum atomic E-state index is -0.191. The first-order valence-corrected chi connectivity index (χ1v) is 9.97. The molecule has 1 aliphatic rings. The zero-order valence-corrected chi connectivity index (χ0v) is 16.5. The predicted molar refractivity (Wildman–Crippen MR) is 118 cm³/mol. The number of nitrogens with one attached hydrogen (secondary N) is 1. The van der Waals surface area contributed by atoms with Crippen molar-refractivity contribution in [2.24, 2.45) is 4.99 Å². The minimum Gasteiger partial charge on any atom is -0.346 e. The average molecular weight is 383 g/mol. The Morgan fingerprint density at radius 3 is 2.17 bits per heavy atom. The number of amidine groups is 1. The highest BCUT2D eigenvalue weighted by Crippen LogP contribution is 2.30. The fourth-order valence-electron chi connectivity index (χ4n) is 3.82. The predicted octanol–water partition coefficient (Wildman–Crippen LogP) is 4.39. The van der Waals surface area contributed by atoms with Gasteiger partial charge >= 0.3 is 0 Å². The molecule has 0 saturated heterocycles. The molecule has 4 rings (SSSR count). The molecule has 1 aliphatic heterocycles. The summed E-state index contributed by atoms with van der Waals surface area (Å²) in [6.07, 6.45) is 0.699. The molecule has 4 nitrogen and oxygen atoms in total. The van der Waals surface area contributed by atoms with E-state index in [0.717, 1.165) is 18.1 Å². The summed E-state index contributed by atoms with van der Waals surface area (Å²) in [7, 11) is 0. The number of benzene rings is 3. The van der Waals surface area contributed by atoms with Gasteiger partial charge in [0, 0.05) is 12.6 Å². The second-order valence-electron chi connectivity index (χ2n) is 7.30. The third-order valence-corrected chi connectivity index (χ3v) is 5.14. The van der Waals surface area contributed by atoms with Crippen molar-refractivity contribution in [3.05, 3.63) is 102 Å². The van der Waals surface area contributed by atoms with Crippen LogP contribution in [0.3, 0.4) is 0 Å². The summed E-state index contributed by atoms with van der Waals surface area (Å²) in [6, 6.07) is 30.7. The summed E-state index contributed by atoms with van der Waals surface area (Å²) in [5.74, 6) is 0.855. The first kappa shape index (κ1) is 18.9. The van der Waals surface area contributed by atoms with Gasteiger partial charge in [0.2, 0.25) is 5.91 Å². The quantitative estimate of drug-likeness (QED) is 0.686. The van der Waals surface area contributed by atoms with Crippen LogP contribution in [-0.2, 0) is 11.2 Å².